The Morgan fingerprint density at radius 1 is 1.03 bits per heavy atom. The summed E-state index contributed by atoms with van der Waals surface area (Å²) in [7, 11) is 0. The standard InChI is InChI=1S/C23H13Cl2N3OS2/c24-17-7-3-14(4-8-17)12-16(13-26)22-27-20(19-2-1-11-30-19)23(31-22)28-21(29)15-5-9-18(25)10-6-15/h1-12H,(H,28,29)/b16-12+. The van der Waals surface area contributed by atoms with Gasteiger partial charge in [0, 0.05) is 15.6 Å². The minimum atomic E-state index is -0.273. The minimum Gasteiger partial charge on any atom is -0.312 e. The highest BCUT2D eigenvalue weighted by Crippen LogP contribution is 2.38. The smallest absolute Gasteiger partial charge is 0.256 e. The van der Waals surface area contributed by atoms with Gasteiger partial charge in [-0.05, 0) is 59.5 Å². The van der Waals surface area contributed by atoms with Crippen LogP contribution >= 0.6 is 45.9 Å². The maximum atomic E-state index is 12.8. The molecule has 2 heterocycles. The van der Waals surface area contributed by atoms with Gasteiger partial charge >= 0.3 is 0 Å². The van der Waals surface area contributed by atoms with Crippen molar-refractivity contribution in [3.8, 4) is 16.6 Å². The number of allylic oxidation sites excluding steroid dienone is 1. The fourth-order valence-electron chi connectivity index (χ4n) is 2.74. The maximum absolute atomic E-state index is 12.8. The summed E-state index contributed by atoms with van der Waals surface area (Å²) < 4.78 is 0. The predicted octanol–water partition coefficient (Wildman–Crippen LogP) is 7.49. The molecule has 0 bridgehead atoms. The number of aromatic nitrogens is 1. The first-order valence-corrected chi connectivity index (χ1v) is 11.5. The van der Waals surface area contributed by atoms with Crippen molar-refractivity contribution >= 4 is 68.4 Å². The van der Waals surface area contributed by atoms with E-state index in [0.717, 1.165) is 10.4 Å². The predicted molar refractivity (Wildman–Crippen MR) is 130 cm³/mol. The van der Waals surface area contributed by atoms with E-state index in [0.29, 0.717) is 36.9 Å². The Morgan fingerprint density at radius 2 is 1.71 bits per heavy atom. The molecule has 2 aromatic heterocycles. The van der Waals surface area contributed by atoms with Crippen LogP contribution in [0.2, 0.25) is 10.0 Å². The molecule has 0 saturated heterocycles. The lowest BCUT2D eigenvalue weighted by Gasteiger charge is -2.04. The van der Waals surface area contributed by atoms with Crippen molar-refractivity contribution in [3.05, 3.63) is 92.2 Å². The lowest BCUT2D eigenvalue weighted by Crippen LogP contribution is -2.11. The van der Waals surface area contributed by atoms with Crippen LogP contribution in [-0.2, 0) is 0 Å². The van der Waals surface area contributed by atoms with Crippen LogP contribution in [0.25, 0.3) is 22.2 Å². The first-order valence-electron chi connectivity index (χ1n) is 9.03. The first kappa shape index (κ1) is 21.3. The van der Waals surface area contributed by atoms with Crippen molar-refractivity contribution in [2.24, 2.45) is 0 Å². The van der Waals surface area contributed by atoms with Crippen molar-refractivity contribution < 1.29 is 4.79 Å². The Bertz CT molecular complexity index is 1290. The number of rotatable bonds is 5. The van der Waals surface area contributed by atoms with Crippen molar-refractivity contribution in [2.45, 2.75) is 0 Å². The van der Waals surface area contributed by atoms with Gasteiger partial charge in [0.2, 0.25) is 0 Å². The molecule has 0 aliphatic rings. The van der Waals surface area contributed by atoms with E-state index < -0.39 is 0 Å². The quantitative estimate of drug-likeness (QED) is 0.300. The molecule has 0 aliphatic heterocycles. The van der Waals surface area contributed by atoms with Gasteiger partial charge in [0.1, 0.15) is 21.8 Å². The van der Waals surface area contributed by atoms with Crippen LogP contribution in [-0.4, -0.2) is 10.9 Å². The van der Waals surface area contributed by atoms with E-state index >= 15 is 0 Å². The zero-order valence-corrected chi connectivity index (χ0v) is 18.9. The summed E-state index contributed by atoms with van der Waals surface area (Å²) in [6, 6.07) is 19.9. The van der Waals surface area contributed by atoms with E-state index in [4.69, 9.17) is 23.2 Å². The van der Waals surface area contributed by atoms with Crippen molar-refractivity contribution in [3.63, 3.8) is 0 Å². The third-order valence-electron chi connectivity index (χ3n) is 4.25. The number of nitriles is 1. The number of carbonyl (C=O) groups excluding carboxylic acids is 1. The van der Waals surface area contributed by atoms with Crippen LogP contribution in [0, 0.1) is 11.3 Å². The summed E-state index contributed by atoms with van der Waals surface area (Å²) in [5.74, 6) is -0.273. The molecule has 4 nitrogen and oxygen atoms in total. The Labute approximate surface area is 197 Å². The average Bonchev–Trinajstić information content (AvgIpc) is 3.44. The van der Waals surface area contributed by atoms with E-state index in [-0.39, 0.29) is 5.91 Å². The zero-order valence-electron chi connectivity index (χ0n) is 15.8. The summed E-state index contributed by atoms with van der Waals surface area (Å²) in [5, 5.41) is 16.9. The number of carbonyl (C=O) groups is 1. The Hall–Kier alpha value is -2.95. The summed E-state index contributed by atoms with van der Waals surface area (Å²) in [5.41, 5.74) is 2.35. The maximum Gasteiger partial charge on any atom is 0.256 e. The monoisotopic (exact) mass is 481 g/mol. The molecule has 4 aromatic rings. The van der Waals surface area contributed by atoms with Gasteiger partial charge in [0.05, 0.1) is 10.5 Å². The number of thiophene rings is 1. The Balaban J connectivity index is 1.71. The van der Waals surface area contributed by atoms with Gasteiger partial charge in [-0.2, -0.15) is 5.26 Å². The van der Waals surface area contributed by atoms with Gasteiger partial charge < -0.3 is 5.32 Å². The molecular weight excluding hydrogens is 469 g/mol. The SMILES string of the molecule is N#C/C(=C\c1ccc(Cl)cc1)c1nc(-c2cccs2)c(NC(=O)c2ccc(Cl)cc2)s1. The molecule has 0 aliphatic carbocycles. The van der Waals surface area contributed by atoms with Gasteiger partial charge in [0.15, 0.2) is 0 Å². The molecule has 0 unspecified atom stereocenters. The third kappa shape index (κ3) is 5.04. The molecule has 0 radical (unpaired) electrons. The number of nitrogens with one attached hydrogen (secondary N) is 1. The van der Waals surface area contributed by atoms with Crippen molar-refractivity contribution in [1.29, 1.82) is 5.26 Å². The van der Waals surface area contributed by atoms with E-state index in [9.17, 15) is 10.1 Å². The Kier molecular flexibility index (Phi) is 6.50. The lowest BCUT2D eigenvalue weighted by molar-refractivity contribution is 0.102. The first-order chi connectivity index (χ1) is 15.0. The second kappa shape index (κ2) is 9.46. The van der Waals surface area contributed by atoms with Gasteiger partial charge in [-0.15, -0.1) is 11.3 Å². The highest BCUT2D eigenvalue weighted by atomic mass is 35.5. The summed E-state index contributed by atoms with van der Waals surface area (Å²) in [6.45, 7) is 0. The number of hydrogen-bond acceptors (Lipinski definition) is 5. The summed E-state index contributed by atoms with van der Waals surface area (Å²) in [6.07, 6.45) is 1.75. The minimum absolute atomic E-state index is 0.273. The van der Waals surface area contributed by atoms with Gasteiger partial charge in [-0.3, -0.25) is 4.79 Å². The molecular formula is C23H13Cl2N3OS2. The van der Waals surface area contributed by atoms with E-state index in [1.165, 1.54) is 22.7 Å². The number of benzene rings is 2. The van der Waals surface area contributed by atoms with E-state index in [1.807, 2.05) is 29.6 Å². The molecule has 0 fully saturated rings. The molecule has 1 N–H and O–H groups in total. The number of nitrogens with zero attached hydrogens (tertiary/aromatic N) is 2. The van der Waals surface area contributed by atoms with Crippen LogP contribution in [0.1, 0.15) is 20.9 Å². The normalized spacial score (nSPS) is 11.2. The number of anilines is 1. The third-order valence-corrected chi connectivity index (χ3v) is 6.63. The van der Waals surface area contributed by atoms with E-state index in [2.05, 4.69) is 16.4 Å². The molecule has 0 atom stereocenters. The highest BCUT2D eigenvalue weighted by Gasteiger charge is 2.19. The van der Waals surface area contributed by atoms with Crippen LogP contribution in [0.4, 0.5) is 5.00 Å². The number of amides is 1. The molecule has 2 aromatic carbocycles. The summed E-state index contributed by atoms with van der Waals surface area (Å²) >= 11 is 14.6. The zero-order chi connectivity index (χ0) is 21.8. The lowest BCUT2D eigenvalue weighted by atomic mass is 10.1. The molecule has 8 heteroatoms. The fraction of sp³-hybridized carbons (Fsp3) is 0. The highest BCUT2D eigenvalue weighted by molar-refractivity contribution is 7.19. The van der Waals surface area contributed by atoms with Crippen LogP contribution in [0.15, 0.2) is 66.0 Å². The topological polar surface area (TPSA) is 65.8 Å². The fourth-order valence-corrected chi connectivity index (χ4v) is 4.72. The number of thiazole rings is 1. The molecule has 0 saturated carbocycles. The second-order valence-electron chi connectivity index (χ2n) is 6.36. The Morgan fingerprint density at radius 3 is 2.32 bits per heavy atom. The molecule has 31 heavy (non-hydrogen) atoms. The molecule has 152 valence electrons. The van der Waals surface area contributed by atoms with Crippen molar-refractivity contribution in [1.82, 2.24) is 4.98 Å². The van der Waals surface area contributed by atoms with Crippen LogP contribution in [0.3, 0.4) is 0 Å². The van der Waals surface area contributed by atoms with Crippen LogP contribution < -0.4 is 5.32 Å². The van der Waals surface area contributed by atoms with Gasteiger partial charge in [0.25, 0.3) is 5.91 Å². The number of halogens is 2. The summed E-state index contributed by atoms with van der Waals surface area (Å²) in [4.78, 5) is 18.3. The van der Waals surface area contributed by atoms with Crippen LogP contribution in [0.5, 0.6) is 0 Å². The number of hydrogen-bond donors (Lipinski definition) is 1. The molecule has 4 rings (SSSR count). The van der Waals surface area contributed by atoms with Gasteiger partial charge in [-0.1, -0.05) is 52.7 Å². The van der Waals surface area contributed by atoms with E-state index in [1.54, 1.807) is 42.5 Å². The second-order valence-corrected chi connectivity index (χ2v) is 9.18. The van der Waals surface area contributed by atoms with Gasteiger partial charge in [-0.25, -0.2) is 4.98 Å². The largest absolute Gasteiger partial charge is 0.312 e. The molecule has 0 spiro atoms. The molecule has 1 amide bonds. The average molecular weight is 482 g/mol. The van der Waals surface area contributed by atoms with Crippen molar-refractivity contribution in [2.75, 3.05) is 5.32 Å².